The van der Waals surface area contributed by atoms with Gasteiger partial charge in [-0.2, -0.15) is 0 Å². The predicted molar refractivity (Wildman–Crippen MR) is 72.6 cm³/mol. The van der Waals surface area contributed by atoms with Gasteiger partial charge in [0.1, 0.15) is 0 Å². The van der Waals surface area contributed by atoms with E-state index in [0.717, 1.165) is 21.9 Å². The van der Waals surface area contributed by atoms with Crippen molar-refractivity contribution in [1.29, 1.82) is 0 Å². The van der Waals surface area contributed by atoms with Crippen LogP contribution in [-0.4, -0.2) is 15.8 Å². The molecule has 0 saturated heterocycles. The van der Waals surface area contributed by atoms with Gasteiger partial charge in [0.25, 0.3) is 0 Å². The fourth-order valence-electron chi connectivity index (χ4n) is 1.32. The van der Waals surface area contributed by atoms with Gasteiger partial charge in [0, 0.05) is 6.54 Å². The number of rotatable bonds is 2. The first-order chi connectivity index (χ1) is 7.22. The number of aromatic nitrogens is 1. The molecule has 0 amide bonds. The molecular weight excluding hydrogens is 267 g/mol. The Balaban J connectivity index is 0.00000128. The van der Waals surface area contributed by atoms with Gasteiger partial charge < -0.3 is 29.7 Å². The molecule has 0 aliphatic heterocycles. The third kappa shape index (κ3) is 2.91. The fourth-order valence-corrected chi connectivity index (χ4v) is 2.90. The van der Waals surface area contributed by atoms with Crippen LogP contribution in [-0.2, 0) is 12.6 Å². The number of anilines is 1. The summed E-state index contributed by atoms with van der Waals surface area (Å²) in [5.41, 5.74) is 1.00. The van der Waals surface area contributed by atoms with Gasteiger partial charge in [-0.3, -0.25) is 0 Å². The molecule has 0 spiro atoms. The number of benzene rings is 1. The van der Waals surface area contributed by atoms with Crippen LogP contribution in [0.5, 0.6) is 0 Å². The predicted octanol–water partition coefficient (Wildman–Crippen LogP) is -0.0416. The zero-order valence-electron chi connectivity index (χ0n) is 9.14. The van der Waals surface area contributed by atoms with Gasteiger partial charge >= 0.3 is 29.6 Å². The molecule has 1 aromatic heterocycles. The molecule has 2 rings (SSSR count). The van der Waals surface area contributed by atoms with E-state index in [1.54, 1.807) is 11.3 Å². The Kier molecular flexibility index (Phi) is 5.56. The minimum Gasteiger partial charge on any atom is -0.411 e. The molecule has 0 atom stereocenters. The maximum absolute atomic E-state index is 5.01. The summed E-state index contributed by atoms with van der Waals surface area (Å²) in [7, 11) is 0. The van der Waals surface area contributed by atoms with Crippen molar-refractivity contribution in [1.82, 2.24) is 4.98 Å². The van der Waals surface area contributed by atoms with E-state index in [1.165, 1.54) is 0 Å². The zero-order valence-corrected chi connectivity index (χ0v) is 13.6. The molecule has 0 radical (unpaired) electrons. The summed E-state index contributed by atoms with van der Waals surface area (Å²) in [5, 5.41) is 0.888. The van der Waals surface area contributed by atoms with Crippen molar-refractivity contribution in [2.75, 3.05) is 11.4 Å². The molecule has 6 heteroatoms. The number of para-hydroxylation sites is 1. The van der Waals surface area contributed by atoms with Gasteiger partial charge in [-0.25, -0.2) is 4.98 Å². The van der Waals surface area contributed by atoms with Crippen molar-refractivity contribution in [2.24, 2.45) is 0 Å². The van der Waals surface area contributed by atoms with Crippen LogP contribution < -0.4 is 34.5 Å². The number of thiocarbonyl (C=S) groups is 1. The summed E-state index contributed by atoms with van der Waals surface area (Å²) in [4.78, 5) is 6.37. The topological polar surface area (TPSA) is 16.1 Å². The molecule has 78 valence electrons. The molecule has 1 heterocycles. The summed E-state index contributed by atoms with van der Waals surface area (Å²) < 4.78 is 1.62. The van der Waals surface area contributed by atoms with Crippen LogP contribution in [0.3, 0.4) is 0 Å². The fraction of sp³-hybridized carbons (Fsp3) is 0.200. The quantitative estimate of drug-likeness (QED) is 0.434. The Hall–Kier alpha value is 0.220. The first-order valence-corrected chi connectivity index (χ1v) is 6.19. The summed E-state index contributed by atoms with van der Waals surface area (Å²) in [6.07, 6.45) is 0. The van der Waals surface area contributed by atoms with Crippen LogP contribution >= 0.6 is 23.6 Å². The second-order valence-corrected chi connectivity index (χ2v) is 5.02. The summed E-state index contributed by atoms with van der Waals surface area (Å²) in [5.74, 6) is 0. The van der Waals surface area contributed by atoms with Gasteiger partial charge in [0.05, 0.1) is 10.2 Å². The molecule has 0 bridgehead atoms. The SMILES string of the molecule is CCN(C(=S)[S-])c1nc2ccccc2s1.[Na+]. The number of thiazole rings is 1. The van der Waals surface area contributed by atoms with E-state index >= 15 is 0 Å². The van der Waals surface area contributed by atoms with Crippen molar-refractivity contribution in [3.05, 3.63) is 24.3 Å². The van der Waals surface area contributed by atoms with E-state index in [1.807, 2.05) is 30.0 Å². The van der Waals surface area contributed by atoms with Gasteiger partial charge in [-0.1, -0.05) is 27.8 Å². The van der Waals surface area contributed by atoms with Crippen LogP contribution in [0.25, 0.3) is 10.2 Å². The van der Waals surface area contributed by atoms with E-state index in [4.69, 9.17) is 24.8 Å². The van der Waals surface area contributed by atoms with Crippen molar-refractivity contribution < 1.29 is 29.6 Å². The average molecular weight is 276 g/mol. The Morgan fingerprint density at radius 1 is 1.50 bits per heavy atom. The van der Waals surface area contributed by atoms with Gasteiger partial charge in [-0.15, -0.1) is 0 Å². The smallest absolute Gasteiger partial charge is 0.411 e. The monoisotopic (exact) mass is 276 g/mol. The minimum atomic E-state index is 0. The van der Waals surface area contributed by atoms with Crippen LogP contribution in [0, 0.1) is 0 Å². The van der Waals surface area contributed by atoms with Crippen molar-refractivity contribution >= 4 is 55.9 Å². The molecule has 0 aliphatic carbocycles. The minimum absolute atomic E-state index is 0. The second kappa shape index (κ2) is 6.23. The Morgan fingerprint density at radius 3 is 2.75 bits per heavy atom. The molecule has 1 aromatic carbocycles. The third-order valence-electron chi connectivity index (χ3n) is 2.05. The standard InChI is InChI=1S/C10H10N2S3.Na/c1-2-12(10(13)14)9-11-7-5-3-4-6-8(7)15-9;/h3-6H,2H2,1H3,(H,13,14);/q;+1/p-1. The molecule has 0 fully saturated rings. The average Bonchev–Trinajstić information content (AvgIpc) is 2.61. The molecular formula is C10H9N2NaS3. The maximum Gasteiger partial charge on any atom is 1.00 e. The number of hydrogen-bond acceptors (Lipinski definition) is 4. The van der Waals surface area contributed by atoms with Crippen molar-refractivity contribution in [3.8, 4) is 0 Å². The molecule has 2 aromatic rings. The van der Waals surface area contributed by atoms with E-state index in [2.05, 4.69) is 11.1 Å². The van der Waals surface area contributed by atoms with E-state index in [-0.39, 0.29) is 29.6 Å². The molecule has 0 unspecified atom stereocenters. The van der Waals surface area contributed by atoms with Gasteiger partial charge in [0.15, 0.2) is 5.13 Å². The normalized spacial score (nSPS) is 9.81. The maximum atomic E-state index is 5.01. The molecule has 2 nitrogen and oxygen atoms in total. The van der Waals surface area contributed by atoms with Crippen LogP contribution in [0.4, 0.5) is 5.13 Å². The van der Waals surface area contributed by atoms with Crippen molar-refractivity contribution in [2.45, 2.75) is 6.92 Å². The first kappa shape index (κ1) is 14.3. The Morgan fingerprint density at radius 2 is 2.19 bits per heavy atom. The summed E-state index contributed by atoms with van der Waals surface area (Å²) >= 11 is 11.6. The summed E-state index contributed by atoms with van der Waals surface area (Å²) in [6.45, 7) is 2.78. The molecule has 0 aliphatic rings. The zero-order chi connectivity index (χ0) is 10.8. The Labute approximate surface area is 132 Å². The second-order valence-electron chi connectivity index (χ2n) is 2.97. The molecule has 0 saturated carbocycles. The number of hydrogen-bond donors (Lipinski definition) is 0. The van der Waals surface area contributed by atoms with Crippen LogP contribution in [0.2, 0.25) is 0 Å². The molecule has 16 heavy (non-hydrogen) atoms. The first-order valence-electron chi connectivity index (χ1n) is 4.56. The van der Waals surface area contributed by atoms with Gasteiger partial charge in [0.2, 0.25) is 0 Å². The van der Waals surface area contributed by atoms with E-state index < -0.39 is 0 Å². The largest absolute Gasteiger partial charge is 1.00 e. The number of fused-ring (bicyclic) bond motifs is 1. The number of nitrogens with zero attached hydrogens (tertiary/aromatic N) is 2. The Bertz CT molecular complexity index is 465. The third-order valence-corrected chi connectivity index (χ3v) is 3.55. The molecule has 0 N–H and O–H groups in total. The van der Waals surface area contributed by atoms with Gasteiger partial charge in [-0.05, 0) is 19.1 Å². The summed E-state index contributed by atoms with van der Waals surface area (Å²) in [6, 6.07) is 8.03. The van der Waals surface area contributed by atoms with Crippen molar-refractivity contribution in [3.63, 3.8) is 0 Å². The van der Waals surface area contributed by atoms with E-state index in [0.29, 0.717) is 4.32 Å². The van der Waals surface area contributed by atoms with E-state index in [9.17, 15) is 0 Å². The van der Waals surface area contributed by atoms with Crippen LogP contribution in [0.15, 0.2) is 24.3 Å². The van der Waals surface area contributed by atoms with Crippen LogP contribution in [0.1, 0.15) is 6.92 Å².